The minimum absolute atomic E-state index is 0.114. The van der Waals surface area contributed by atoms with Gasteiger partial charge in [0.05, 0.1) is 18.5 Å². The zero-order chi connectivity index (χ0) is 19.1. The maximum atomic E-state index is 12.8. The molecule has 0 radical (unpaired) electrons. The third-order valence-corrected chi connectivity index (χ3v) is 4.39. The molecule has 0 saturated heterocycles. The van der Waals surface area contributed by atoms with Crippen LogP contribution in [0.4, 0.5) is 0 Å². The average Bonchev–Trinajstić information content (AvgIpc) is 3.17. The lowest BCUT2D eigenvalue weighted by molar-refractivity contribution is 0.0945. The van der Waals surface area contributed by atoms with Gasteiger partial charge in [0.1, 0.15) is 11.4 Å². The van der Waals surface area contributed by atoms with Gasteiger partial charge in [-0.3, -0.25) is 4.79 Å². The second-order valence-electron chi connectivity index (χ2n) is 6.35. The molecule has 3 aromatic rings. The first-order valence-electron chi connectivity index (χ1n) is 9.31. The molecule has 0 aliphatic heterocycles. The lowest BCUT2D eigenvalue weighted by atomic mass is 10.1. The van der Waals surface area contributed by atoms with Crippen molar-refractivity contribution in [3.63, 3.8) is 0 Å². The number of amides is 1. The predicted octanol–water partition coefficient (Wildman–Crippen LogP) is 4.47. The lowest BCUT2D eigenvalue weighted by Gasteiger charge is -2.09. The molecule has 1 N–H and O–H groups in total. The molecule has 0 unspecified atom stereocenters. The van der Waals surface area contributed by atoms with Gasteiger partial charge in [-0.15, -0.1) is 0 Å². The minimum Gasteiger partial charge on any atom is -0.497 e. The number of methoxy groups -OCH3 is 1. The second kappa shape index (κ2) is 9.03. The Morgan fingerprint density at radius 2 is 1.81 bits per heavy atom. The Labute approximate surface area is 160 Å². The molecule has 0 bridgehead atoms. The Bertz CT molecular complexity index is 870. The van der Waals surface area contributed by atoms with E-state index in [9.17, 15) is 4.79 Å². The van der Waals surface area contributed by atoms with Gasteiger partial charge in [-0.2, -0.15) is 5.10 Å². The van der Waals surface area contributed by atoms with Gasteiger partial charge in [-0.1, -0.05) is 50.1 Å². The molecule has 27 heavy (non-hydrogen) atoms. The van der Waals surface area contributed by atoms with Crippen LogP contribution in [-0.4, -0.2) is 29.3 Å². The molecular formula is C22H25N3O2. The Balaban J connectivity index is 1.93. The van der Waals surface area contributed by atoms with Crippen molar-refractivity contribution in [1.82, 2.24) is 15.1 Å². The normalized spacial score (nSPS) is 10.6. The maximum absolute atomic E-state index is 12.8. The van der Waals surface area contributed by atoms with E-state index >= 15 is 0 Å². The van der Waals surface area contributed by atoms with Crippen molar-refractivity contribution in [1.29, 1.82) is 0 Å². The van der Waals surface area contributed by atoms with E-state index in [0.717, 1.165) is 42.0 Å². The van der Waals surface area contributed by atoms with Crippen molar-refractivity contribution in [2.24, 2.45) is 0 Å². The summed E-state index contributed by atoms with van der Waals surface area (Å²) in [6.45, 7) is 2.81. The van der Waals surface area contributed by atoms with E-state index in [2.05, 4.69) is 17.3 Å². The molecule has 0 fully saturated rings. The van der Waals surface area contributed by atoms with Crippen molar-refractivity contribution in [3.8, 4) is 22.7 Å². The summed E-state index contributed by atoms with van der Waals surface area (Å²) in [5, 5.41) is 7.69. The van der Waals surface area contributed by atoms with Crippen LogP contribution in [0.15, 0.2) is 60.7 Å². The van der Waals surface area contributed by atoms with Crippen molar-refractivity contribution in [2.45, 2.75) is 26.2 Å². The van der Waals surface area contributed by atoms with E-state index in [1.807, 2.05) is 60.7 Å². The molecular weight excluding hydrogens is 338 g/mol. The van der Waals surface area contributed by atoms with E-state index in [1.54, 1.807) is 11.8 Å². The number of hydrogen-bond acceptors (Lipinski definition) is 3. The molecule has 0 atom stereocenters. The number of rotatable bonds is 8. The van der Waals surface area contributed by atoms with Crippen LogP contribution in [0.1, 0.15) is 36.7 Å². The molecule has 140 valence electrons. The minimum atomic E-state index is -0.114. The summed E-state index contributed by atoms with van der Waals surface area (Å²) in [5.74, 6) is 0.649. The van der Waals surface area contributed by atoms with Crippen LogP contribution < -0.4 is 10.1 Å². The molecule has 1 aromatic heterocycles. The number of aromatic nitrogens is 2. The number of carbonyl (C=O) groups excluding carboxylic acids is 1. The smallest absolute Gasteiger partial charge is 0.270 e. The fraction of sp³-hybridized carbons (Fsp3) is 0.273. The molecule has 0 aliphatic rings. The largest absolute Gasteiger partial charge is 0.497 e. The third-order valence-electron chi connectivity index (χ3n) is 4.39. The maximum Gasteiger partial charge on any atom is 0.270 e. The van der Waals surface area contributed by atoms with E-state index < -0.39 is 0 Å². The van der Waals surface area contributed by atoms with Crippen LogP contribution in [0.3, 0.4) is 0 Å². The molecule has 5 heteroatoms. The van der Waals surface area contributed by atoms with Crippen molar-refractivity contribution in [3.05, 3.63) is 66.4 Å². The van der Waals surface area contributed by atoms with Gasteiger partial charge in [-0.05, 0) is 36.8 Å². The first-order chi connectivity index (χ1) is 13.2. The first-order valence-corrected chi connectivity index (χ1v) is 9.31. The van der Waals surface area contributed by atoms with Gasteiger partial charge in [0, 0.05) is 12.1 Å². The highest BCUT2D eigenvalue weighted by atomic mass is 16.5. The number of nitrogens with one attached hydrogen (secondary N) is 1. The molecule has 0 aliphatic carbocycles. The highest BCUT2D eigenvalue weighted by molar-refractivity contribution is 5.94. The summed E-state index contributed by atoms with van der Waals surface area (Å²) in [4.78, 5) is 12.8. The van der Waals surface area contributed by atoms with Crippen molar-refractivity contribution in [2.75, 3.05) is 13.7 Å². The molecule has 1 amide bonds. The fourth-order valence-corrected chi connectivity index (χ4v) is 2.88. The summed E-state index contributed by atoms with van der Waals surface area (Å²) in [5.41, 5.74) is 3.09. The van der Waals surface area contributed by atoms with Crippen LogP contribution in [0.25, 0.3) is 16.9 Å². The van der Waals surface area contributed by atoms with Gasteiger partial charge in [0.2, 0.25) is 0 Å². The molecule has 0 saturated carbocycles. The van der Waals surface area contributed by atoms with Gasteiger partial charge >= 0.3 is 0 Å². The second-order valence-corrected chi connectivity index (χ2v) is 6.35. The zero-order valence-corrected chi connectivity index (χ0v) is 15.8. The number of nitrogens with zero attached hydrogens (tertiary/aromatic N) is 2. The summed E-state index contributed by atoms with van der Waals surface area (Å²) >= 11 is 0. The standard InChI is InChI=1S/C22H25N3O2/c1-3-4-8-15-23-22(26)21-16-20(17-9-6-5-7-10-17)24-25(21)18-11-13-19(27-2)14-12-18/h5-7,9-14,16H,3-4,8,15H2,1-2H3,(H,23,26). The number of hydrogen-bond donors (Lipinski definition) is 1. The van der Waals surface area contributed by atoms with Crippen LogP contribution in [0, 0.1) is 0 Å². The molecule has 1 heterocycles. The van der Waals surface area contributed by atoms with Gasteiger partial charge < -0.3 is 10.1 Å². The fourth-order valence-electron chi connectivity index (χ4n) is 2.88. The van der Waals surface area contributed by atoms with Crippen LogP contribution >= 0.6 is 0 Å². The Kier molecular flexibility index (Phi) is 6.26. The molecule has 3 rings (SSSR count). The highest BCUT2D eigenvalue weighted by Gasteiger charge is 2.17. The molecule has 2 aromatic carbocycles. The SMILES string of the molecule is CCCCCNC(=O)c1cc(-c2ccccc2)nn1-c1ccc(OC)cc1. The highest BCUT2D eigenvalue weighted by Crippen LogP contribution is 2.23. The number of benzene rings is 2. The Morgan fingerprint density at radius 3 is 2.48 bits per heavy atom. The van der Waals surface area contributed by atoms with E-state index in [0.29, 0.717) is 12.2 Å². The van der Waals surface area contributed by atoms with Gasteiger partial charge in [0.15, 0.2) is 0 Å². The van der Waals surface area contributed by atoms with Gasteiger partial charge in [-0.25, -0.2) is 4.68 Å². The van der Waals surface area contributed by atoms with E-state index in [4.69, 9.17) is 4.74 Å². The van der Waals surface area contributed by atoms with Crippen LogP contribution in [0.2, 0.25) is 0 Å². The van der Waals surface area contributed by atoms with E-state index in [-0.39, 0.29) is 5.91 Å². The van der Waals surface area contributed by atoms with Crippen molar-refractivity contribution >= 4 is 5.91 Å². The Morgan fingerprint density at radius 1 is 1.07 bits per heavy atom. The summed E-state index contributed by atoms with van der Waals surface area (Å²) < 4.78 is 6.92. The summed E-state index contributed by atoms with van der Waals surface area (Å²) in [6.07, 6.45) is 3.20. The predicted molar refractivity (Wildman–Crippen MR) is 107 cm³/mol. The average molecular weight is 363 g/mol. The topological polar surface area (TPSA) is 56.2 Å². The number of unbranched alkanes of at least 4 members (excludes halogenated alkanes) is 2. The quantitative estimate of drug-likeness (QED) is 0.601. The third kappa shape index (κ3) is 4.56. The van der Waals surface area contributed by atoms with Crippen LogP contribution in [-0.2, 0) is 0 Å². The van der Waals surface area contributed by atoms with E-state index in [1.165, 1.54) is 0 Å². The van der Waals surface area contributed by atoms with Gasteiger partial charge in [0.25, 0.3) is 5.91 Å². The molecule has 5 nitrogen and oxygen atoms in total. The monoisotopic (exact) mass is 363 g/mol. The summed E-state index contributed by atoms with van der Waals surface area (Å²) in [6, 6.07) is 19.2. The first kappa shape index (κ1) is 18.7. The Hall–Kier alpha value is -3.08. The molecule has 0 spiro atoms. The van der Waals surface area contributed by atoms with Crippen LogP contribution in [0.5, 0.6) is 5.75 Å². The number of ether oxygens (including phenoxy) is 1. The zero-order valence-electron chi connectivity index (χ0n) is 15.8. The number of carbonyl (C=O) groups is 1. The summed E-state index contributed by atoms with van der Waals surface area (Å²) in [7, 11) is 1.63. The van der Waals surface area contributed by atoms with Crippen molar-refractivity contribution < 1.29 is 9.53 Å². The lowest BCUT2D eigenvalue weighted by Crippen LogP contribution is -2.26.